The van der Waals surface area contributed by atoms with Crippen LogP contribution in [0.15, 0.2) is 42.5 Å². The zero-order chi connectivity index (χ0) is 20.1. The van der Waals surface area contributed by atoms with Crippen LogP contribution in [0.25, 0.3) is 0 Å². The number of Topliss-reactive ketones (excluding diaryl/α,β-unsaturated/α-hetero) is 1. The molecule has 0 saturated carbocycles. The van der Waals surface area contributed by atoms with Crippen LogP contribution in [-0.2, 0) is 11.3 Å². The van der Waals surface area contributed by atoms with E-state index in [1.807, 2.05) is 12.1 Å². The molecule has 2 aromatic carbocycles. The molecule has 1 saturated heterocycles. The van der Waals surface area contributed by atoms with Crippen molar-refractivity contribution in [3.8, 4) is 5.75 Å². The van der Waals surface area contributed by atoms with Gasteiger partial charge in [-0.05, 0) is 55.3 Å². The van der Waals surface area contributed by atoms with Crippen molar-refractivity contribution < 1.29 is 23.5 Å². The number of rotatable bonds is 6. The molecule has 1 aliphatic rings. The number of methoxy groups -OCH3 is 2. The molecule has 6 heteroatoms. The number of nitrogens with zero attached hydrogens (tertiary/aromatic N) is 1. The Bertz CT molecular complexity index is 850. The van der Waals surface area contributed by atoms with Crippen LogP contribution in [0.4, 0.5) is 4.39 Å². The molecule has 0 aliphatic carbocycles. The van der Waals surface area contributed by atoms with Gasteiger partial charge in [-0.1, -0.05) is 12.1 Å². The molecule has 0 unspecified atom stereocenters. The van der Waals surface area contributed by atoms with Crippen molar-refractivity contribution >= 4 is 11.8 Å². The van der Waals surface area contributed by atoms with Crippen molar-refractivity contribution in [2.24, 2.45) is 5.92 Å². The number of hydrogen-bond acceptors (Lipinski definition) is 5. The topological polar surface area (TPSA) is 55.8 Å². The van der Waals surface area contributed by atoms with Gasteiger partial charge in [-0.15, -0.1) is 0 Å². The van der Waals surface area contributed by atoms with Gasteiger partial charge in [0.2, 0.25) is 0 Å². The molecule has 148 valence electrons. The fourth-order valence-corrected chi connectivity index (χ4v) is 3.63. The molecule has 1 atom stereocenters. The van der Waals surface area contributed by atoms with Gasteiger partial charge in [0.05, 0.1) is 25.3 Å². The van der Waals surface area contributed by atoms with Gasteiger partial charge in [-0.25, -0.2) is 9.18 Å². The van der Waals surface area contributed by atoms with Gasteiger partial charge in [0.15, 0.2) is 5.78 Å². The first-order valence-electron chi connectivity index (χ1n) is 9.29. The number of ether oxygens (including phenoxy) is 2. The van der Waals surface area contributed by atoms with Crippen molar-refractivity contribution in [2.45, 2.75) is 19.4 Å². The first-order valence-corrected chi connectivity index (χ1v) is 9.29. The molecule has 0 radical (unpaired) electrons. The standard InChI is InChI=1S/C22H24FNO4/c1-27-20-10-9-18(23)12-19(20)21(25)17-4-3-11-24(14-17)13-15-5-7-16(8-6-15)22(26)28-2/h5-10,12,17H,3-4,11,13-14H2,1-2H3/t17-/m0/s1. The first kappa shape index (κ1) is 20.0. The highest BCUT2D eigenvalue weighted by atomic mass is 19.1. The minimum Gasteiger partial charge on any atom is -0.496 e. The summed E-state index contributed by atoms with van der Waals surface area (Å²) >= 11 is 0. The average molecular weight is 385 g/mol. The number of ketones is 1. The Morgan fingerprint density at radius 2 is 1.89 bits per heavy atom. The Kier molecular flexibility index (Phi) is 6.41. The van der Waals surface area contributed by atoms with Crippen LogP contribution >= 0.6 is 0 Å². The molecule has 0 spiro atoms. The Labute approximate surface area is 164 Å². The van der Waals surface area contributed by atoms with Crippen LogP contribution < -0.4 is 4.74 Å². The van der Waals surface area contributed by atoms with E-state index in [1.54, 1.807) is 12.1 Å². The predicted molar refractivity (Wildman–Crippen MR) is 103 cm³/mol. The lowest BCUT2D eigenvalue weighted by Gasteiger charge is -2.32. The van der Waals surface area contributed by atoms with E-state index in [9.17, 15) is 14.0 Å². The highest BCUT2D eigenvalue weighted by Gasteiger charge is 2.28. The molecule has 1 fully saturated rings. The lowest BCUT2D eigenvalue weighted by Crippen LogP contribution is -2.38. The molecule has 0 bridgehead atoms. The lowest BCUT2D eigenvalue weighted by molar-refractivity contribution is 0.0600. The SMILES string of the molecule is COC(=O)c1ccc(CN2CCC[C@H](C(=O)c3cc(F)ccc3OC)C2)cc1. The third kappa shape index (κ3) is 4.57. The Balaban J connectivity index is 1.68. The third-order valence-electron chi connectivity index (χ3n) is 5.08. The summed E-state index contributed by atoms with van der Waals surface area (Å²) in [5, 5.41) is 0. The molecule has 1 aliphatic heterocycles. The summed E-state index contributed by atoms with van der Waals surface area (Å²) in [7, 11) is 2.84. The summed E-state index contributed by atoms with van der Waals surface area (Å²) in [6.07, 6.45) is 1.67. The van der Waals surface area contributed by atoms with Crippen molar-refractivity contribution in [3.63, 3.8) is 0 Å². The lowest BCUT2D eigenvalue weighted by atomic mass is 9.89. The number of halogens is 1. The van der Waals surface area contributed by atoms with Crippen LogP contribution in [0.2, 0.25) is 0 Å². The summed E-state index contributed by atoms with van der Waals surface area (Å²) in [6, 6.07) is 11.3. The molecular weight excluding hydrogens is 361 g/mol. The second kappa shape index (κ2) is 8.97. The van der Waals surface area contributed by atoms with E-state index in [2.05, 4.69) is 4.90 Å². The average Bonchev–Trinajstić information content (AvgIpc) is 2.73. The first-order chi connectivity index (χ1) is 13.5. The van der Waals surface area contributed by atoms with E-state index >= 15 is 0 Å². The van der Waals surface area contributed by atoms with E-state index in [1.165, 1.54) is 32.4 Å². The van der Waals surface area contributed by atoms with Gasteiger partial charge in [0.25, 0.3) is 0 Å². The normalized spacial score (nSPS) is 17.2. The number of hydrogen-bond donors (Lipinski definition) is 0. The second-order valence-electron chi connectivity index (χ2n) is 6.97. The molecule has 28 heavy (non-hydrogen) atoms. The zero-order valence-corrected chi connectivity index (χ0v) is 16.1. The maximum Gasteiger partial charge on any atom is 0.337 e. The summed E-state index contributed by atoms with van der Waals surface area (Å²) in [5.74, 6) is -0.676. The van der Waals surface area contributed by atoms with Crippen LogP contribution in [-0.4, -0.2) is 44.0 Å². The van der Waals surface area contributed by atoms with Gasteiger partial charge in [0.1, 0.15) is 11.6 Å². The van der Waals surface area contributed by atoms with Gasteiger partial charge in [0, 0.05) is 19.0 Å². The molecule has 3 rings (SSSR count). The molecule has 0 amide bonds. The van der Waals surface area contributed by atoms with Gasteiger partial charge >= 0.3 is 5.97 Å². The van der Waals surface area contributed by atoms with Gasteiger partial charge < -0.3 is 9.47 Å². The molecule has 0 N–H and O–H groups in total. The zero-order valence-electron chi connectivity index (χ0n) is 16.1. The Morgan fingerprint density at radius 1 is 1.14 bits per heavy atom. The number of carbonyl (C=O) groups is 2. The van der Waals surface area contributed by atoms with Crippen molar-refractivity contribution in [3.05, 3.63) is 65.0 Å². The highest BCUT2D eigenvalue weighted by Crippen LogP contribution is 2.27. The summed E-state index contributed by atoms with van der Waals surface area (Å²) in [4.78, 5) is 26.7. The number of carbonyl (C=O) groups excluding carboxylic acids is 2. The molecular formula is C22H24FNO4. The fraction of sp³-hybridized carbons (Fsp3) is 0.364. The summed E-state index contributed by atoms with van der Waals surface area (Å²) in [5.41, 5.74) is 1.87. The maximum atomic E-state index is 13.6. The Hall–Kier alpha value is -2.73. The van der Waals surface area contributed by atoms with Crippen LogP contribution in [0.5, 0.6) is 5.75 Å². The minimum atomic E-state index is -0.442. The Morgan fingerprint density at radius 3 is 2.57 bits per heavy atom. The van der Waals surface area contributed by atoms with Crippen LogP contribution in [0.3, 0.4) is 0 Å². The molecule has 0 aromatic heterocycles. The second-order valence-corrected chi connectivity index (χ2v) is 6.97. The number of likely N-dealkylation sites (tertiary alicyclic amines) is 1. The van der Waals surface area contributed by atoms with Crippen LogP contribution in [0, 0.1) is 11.7 Å². The number of benzene rings is 2. The van der Waals surface area contributed by atoms with Crippen molar-refractivity contribution in [1.29, 1.82) is 0 Å². The minimum absolute atomic E-state index is 0.0814. The number of piperidine rings is 1. The molecule has 5 nitrogen and oxygen atoms in total. The fourth-order valence-electron chi connectivity index (χ4n) is 3.63. The van der Waals surface area contributed by atoms with Crippen LogP contribution in [0.1, 0.15) is 39.1 Å². The number of esters is 1. The smallest absolute Gasteiger partial charge is 0.337 e. The third-order valence-corrected chi connectivity index (χ3v) is 5.08. The summed E-state index contributed by atoms with van der Waals surface area (Å²) < 4.78 is 23.6. The largest absolute Gasteiger partial charge is 0.496 e. The molecule has 2 aromatic rings. The quantitative estimate of drug-likeness (QED) is 0.560. The maximum absolute atomic E-state index is 13.6. The predicted octanol–water partition coefficient (Wildman–Crippen LogP) is 3.72. The highest BCUT2D eigenvalue weighted by molar-refractivity contribution is 6.00. The van der Waals surface area contributed by atoms with Crippen molar-refractivity contribution in [2.75, 3.05) is 27.3 Å². The summed E-state index contributed by atoms with van der Waals surface area (Å²) in [6.45, 7) is 2.19. The van der Waals surface area contributed by atoms with Gasteiger partial charge in [-0.3, -0.25) is 9.69 Å². The van der Waals surface area contributed by atoms with E-state index in [-0.39, 0.29) is 17.7 Å². The molecule has 1 heterocycles. The van der Waals surface area contributed by atoms with E-state index in [4.69, 9.17) is 9.47 Å². The van der Waals surface area contributed by atoms with E-state index in [0.29, 0.717) is 30.0 Å². The van der Waals surface area contributed by atoms with Crippen molar-refractivity contribution in [1.82, 2.24) is 4.90 Å². The van der Waals surface area contributed by atoms with Gasteiger partial charge in [-0.2, -0.15) is 0 Å². The van der Waals surface area contributed by atoms with E-state index in [0.717, 1.165) is 24.9 Å². The van der Waals surface area contributed by atoms with E-state index < -0.39 is 5.82 Å². The monoisotopic (exact) mass is 385 g/mol.